The molecule has 0 radical (unpaired) electrons. The molecule has 11 nitrogen and oxygen atoms in total. The molecule has 1 aromatic rings. The zero-order valence-corrected chi connectivity index (χ0v) is 14.8. The predicted octanol–water partition coefficient (Wildman–Crippen LogP) is -0.300. The van der Waals surface area contributed by atoms with Gasteiger partial charge in [-0.15, -0.1) is 0 Å². The van der Waals surface area contributed by atoms with Crippen LogP contribution in [0.3, 0.4) is 0 Å². The highest BCUT2D eigenvalue weighted by Gasteiger charge is 2.55. The maximum absolute atomic E-state index is 12.3. The maximum Gasteiger partial charge on any atom is 0.321 e. The Hall–Kier alpha value is -3.54. The normalized spacial score (nSPS) is 18.0. The van der Waals surface area contributed by atoms with Gasteiger partial charge in [-0.2, -0.15) is 13.5 Å². The van der Waals surface area contributed by atoms with Gasteiger partial charge >= 0.3 is 11.9 Å². The standard InChI is InChI=1S/C16H13N3O8S/c20-12-5-6-13(21)19(12)10-1-3-11(4-2-10)28(26,27)18-17-9-7-16(8-9,14(22)23)15(24)25/h1-6,18H,7-8H2,(H,22,23)(H,24,25). The highest BCUT2D eigenvalue weighted by Crippen LogP contribution is 2.39. The first-order chi connectivity index (χ1) is 13.1. The smallest absolute Gasteiger partial charge is 0.321 e. The number of nitrogens with zero attached hydrogens (tertiary/aromatic N) is 2. The number of nitrogens with one attached hydrogen (secondary N) is 1. The number of carboxylic acids is 2. The van der Waals surface area contributed by atoms with Crippen molar-refractivity contribution in [3.63, 3.8) is 0 Å². The topological polar surface area (TPSA) is 171 Å². The lowest BCUT2D eigenvalue weighted by Gasteiger charge is -2.34. The van der Waals surface area contributed by atoms with Crippen LogP contribution in [0.25, 0.3) is 0 Å². The number of rotatable bonds is 6. The summed E-state index contributed by atoms with van der Waals surface area (Å²) in [6.45, 7) is 0. The summed E-state index contributed by atoms with van der Waals surface area (Å²) < 4.78 is 24.5. The number of aliphatic carboxylic acids is 2. The van der Waals surface area contributed by atoms with E-state index in [0.717, 1.165) is 29.2 Å². The average Bonchev–Trinajstić information content (AvgIpc) is 2.91. The van der Waals surface area contributed by atoms with Crippen molar-refractivity contribution < 1.29 is 37.8 Å². The number of benzene rings is 1. The SMILES string of the molecule is O=C1C=CC(=O)N1c1ccc(S(=O)(=O)NN=C2CC(C(=O)O)(C(=O)O)C2)cc1. The van der Waals surface area contributed by atoms with Crippen molar-refractivity contribution in [2.75, 3.05) is 4.90 Å². The van der Waals surface area contributed by atoms with Gasteiger partial charge in [-0.05, 0) is 24.3 Å². The number of amides is 2. The highest BCUT2D eigenvalue weighted by molar-refractivity contribution is 7.89. The molecule has 1 saturated carbocycles. The fourth-order valence-electron chi connectivity index (χ4n) is 2.72. The largest absolute Gasteiger partial charge is 0.480 e. The van der Waals surface area contributed by atoms with Crippen molar-refractivity contribution in [2.24, 2.45) is 10.5 Å². The number of anilines is 1. The zero-order chi connectivity index (χ0) is 20.7. The summed E-state index contributed by atoms with van der Waals surface area (Å²) in [5.74, 6) is -4.12. The van der Waals surface area contributed by atoms with E-state index in [0.29, 0.717) is 0 Å². The van der Waals surface area contributed by atoms with Gasteiger partial charge in [-0.1, -0.05) is 0 Å². The summed E-state index contributed by atoms with van der Waals surface area (Å²) in [6, 6.07) is 4.87. The molecule has 0 spiro atoms. The van der Waals surface area contributed by atoms with E-state index in [-0.39, 0.29) is 16.3 Å². The van der Waals surface area contributed by atoms with Crippen molar-refractivity contribution in [3.05, 3.63) is 36.4 Å². The van der Waals surface area contributed by atoms with E-state index in [1.54, 1.807) is 0 Å². The fraction of sp³-hybridized carbons (Fsp3) is 0.188. The van der Waals surface area contributed by atoms with Crippen LogP contribution in [0, 0.1) is 5.41 Å². The number of hydrogen-bond donors (Lipinski definition) is 3. The Kier molecular flexibility index (Phi) is 4.51. The number of imide groups is 1. The Morgan fingerprint density at radius 3 is 1.96 bits per heavy atom. The van der Waals surface area contributed by atoms with E-state index in [1.807, 2.05) is 4.83 Å². The molecule has 1 aliphatic carbocycles. The van der Waals surface area contributed by atoms with Crippen LogP contribution in [0.4, 0.5) is 5.69 Å². The van der Waals surface area contributed by atoms with Crippen molar-refractivity contribution in [1.82, 2.24) is 4.83 Å². The minimum Gasteiger partial charge on any atom is -0.480 e. The number of sulfonamides is 1. The van der Waals surface area contributed by atoms with Crippen molar-refractivity contribution in [3.8, 4) is 0 Å². The monoisotopic (exact) mass is 407 g/mol. The molecule has 3 rings (SSSR count). The fourth-order valence-corrected chi connectivity index (χ4v) is 3.57. The molecule has 1 aromatic carbocycles. The second kappa shape index (κ2) is 6.56. The van der Waals surface area contributed by atoms with E-state index >= 15 is 0 Å². The molecule has 1 heterocycles. The molecule has 12 heteroatoms. The molecule has 0 unspecified atom stereocenters. The quantitative estimate of drug-likeness (QED) is 0.328. The van der Waals surface area contributed by atoms with E-state index in [9.17, 15) is 27.6 Å². The van der Waals surface area contributed by atoms with Gasteiger partial charge in [-0.25, -0.2) is 9.73 Å². The first-order valence-corrected chi connectivity index (χ1v) is 9.25. The van der Waals surface area contributed by atoms with E-state index in [1.165, 1.54) is 12.1 Å². The third-order valence-corrected chi connectivity index (χ3v) is 5.59. The lowest BCUT2D eigenvalue weighted by atomic mass is 9.67. The van der Waals surface area contributed by atoms with Crippen molar-refractivity contribution in [1.29, 1.82) is 0 Å². The average molecular weight is 407 g/mol. The van der Waals surface area contributed by atoms with Crippen molar-refractivity contribution >= 4 is 45.2 Å². The Morgan fingerprint density at radius 1 is 1.00 bits per heavy atom. The minimum atomic E-state index is -4.11. The van der Waals surface area contributed by atoms with Crippen LogP contribution >= 0.6 is 0 Å². The van der Waals surface area contributed by atoms with E-state index < -0.39 is 52.0 Å². The summed E-state index contributed by atoms with van der Waals surface area (Å²) in [7, 11) is -4.11. The molecule has 2 amide bonds. The molecular weight excluding hydrogens is 394 g/mol. The van der Waals surface area contributed by atoms with E-state index in [4.69, 9.17) is 10.2 Å². The third-order valence-electron chi connectivity index (χ3n) is 4.37. The summed E-state index contributed by atoms with van der Waals surface area (Å²) >= 11 is 0. The van der Waals surface area contributed by atoms with Gasteiger partial charge in [0, 0.05) is 30.7 Å². The Morgan fingerprint density at radius 2 is 1.50 bits per heavy atom. The number of hydrazone groups is 1. The first kappa shape index (κ1) is 19.2. The molecule has 1 aliphatic heterocycles. The molecule has 28 heavy (non-hydrogen) atoms. The number of hydrogen-bond acceptors (Lipinski definition) is 7. The van der Waals surface area contributed by atoms with E-state index in [2.05, 4.69) is 5.10 Å². The Balaban J connectivity index is 1.71. The molecule has 2 aliphatic rings. The molecule has 0 bridgehead atoms. The Labute approximate surface area is 158 Å². The zero-order valence-electron chi connectivity index (χ0n) is 14.0. The Bertz CT molecular complexity index is 1010. The second-order valence-corrected chi connectivity index (χ2v) is 7.82. The lowest BCUT2D eigenvalue weighted by molar-refractivity contribution is -0.165. The van der Waals surface area contributed by atoms with Gasteiger partial charge in [-0.3, -0.25) is 19.2 Å². The molecule has 0 saturated heterocycles. The van der Waals surface area contributed by atoms with Crippen LogP contribution in [-0.4, -0.2) is 48.1 Å². The van der Waals surface area contributed by atoms with Crippen molar-refractivity contribution in [2.45, 2.75) is 17.7 Å². The first-order valence-electron chi connectivity index (χ1n) is 7.77. The van der Waals surface area contributed by atoms with Gasteiger partial charge in [0.2, 0.25) is 0 Å². The van der Waals surface area contributed by atoms with Crippen LogP contribution in [0.5, 0.6) is 0 Å². The highest BCUT2D eigenvalue weighted by atomic mass is 32.2. The lowest BCUT2D eigenvalue weighted by Crippen LogP contribution is -2.51. The van der Waals surface area contributed by atoms with Crippen LogP contribution in [0.15, 0.2) is 46.4 Å². The molecule has 146 valence electrons. The van der Waals surface area contributed by atoms with Gasteiger partial charge in [0.25, 0.3) is 21.8 Å². The van der Waals surface area contributed by atoms with Crippen LogP contribution < -0.4 is 9.73 Å². The molecule has 0 aromatic heterocycles. The predicted molar refractivity (Wildman–Crippen MR) is 92.8 cm³/mol. The molecule has 0 atom stereocenters. The van der Waals surface area contributed by atoms with Gasteiger partial charge in [0.1, 0.15) is 0 Å². The molecular formula is C16H13N3O8S. The summed E-state index contributed by atoms with van der Waals surface area (Å²) in [5, 5.41) is 21.6. The molecule has 3 N–H and O–H groups in total. The van der Waals surface area contributed by atoms with Crippen LogP contribution in [0.2, 0.25) is 0 Å². The van der Waals surface area contributed by atoms with Crippen LogP contribution in [-0.2, 0) is 29.2 Å². The third kappa shape index (κ3) is 3.13. The summed E-state index contributed by atoms with van der Waals surface area (Å²) in [5.41, 5.74) is -1.71. The summed E-state index contributed by atoms with van der Waals surface area (Å²) in [4.78, 5) is 47.9. The minimum absolute atomic E-state index is 0.0873. The van der Waals surface area contributed by atoms with Gasteiger partial charge in [0.05, 0.1) is 10.6 Å². The number of carbonyl (C=O) groups is 4. The van der Waals surface area contributed by atoms with Gasteiger partial charge in [0.15, 0.2) is 5.41 Å². The molecule has 1 fully saturated rings. The van der Waals surface area contributed by atoms with Crippen LogP contribution in [0.1, 0.15) is 12.8 Å². The second-order valence-electron chi connectivity index (χ2n) is 6.16. The summed E-state index contributed by atoms with van der Waals surface area (Å²) in [6.07, 6.45) is 1.37. The number of carbonyl (C=O) groups excluding carboxylic acids is 2. The maximum atomic E-state index is 12.3. The van der Waals surface area contributed by atoms with Gasteiger partial charge < -0.3 is 10.2 Å². The number of carboxylic acid groups (broad SMARTS) is 2.